The van der Waals surface area contributed by atoms with Crippen LogP contribution in [0.1, 0.15) is 31.5 Å². The molecule has 0 N–H and O–H groups in total. The van der Waals surface area contributed by atoms with Gasteiger partial charge in [-0.2, -0.15) is 0 Å². The number of rotatable bonds is 7. The van der Waals surface area contributed by atoms with E-state index in [4.69, 9.17) is 16.3 Å². The first-order valence-electron chi connectivity index (χ1n) is 6.42. The standard InChI is InChI=1S/C14H23ClN2O/c1-5-11(2)17(8-9-18-4)14-7-6-13(10-15)12(3)16-14/h6-7,11H,5,8-10H2,1-4H3. The topological polar surface area (TPSA) is 25.4 Å². The van der Waals surface area contributed by atoms with Crippen LogP contribution in [0, 0.1) is 6.92 Å². The van der Waals surface area contributed by atoms with Gasteiger partial charge in [-0.3, -0.25) is 0 Å². The van der Waals surface area contributed by atoms with Gasteiger partial charge in [-0.1, -0.05) is 13.0 Å². The molecule has 0 saturated carbocycles. The SMILES string of the molecule is CCC(C)N(CCOC)c1ccc(CCl)c(C)n1. The molecule has 1 heterocycles. The Morgan fingerprint density at radius 1 is 1.44 bits per heavy atom. The van der Waals surface area contributed by atoms with Crippen molar-refractivity contribution in [3.63, 3.8) is 0 Å². The third kappa shape index (κ3) is 3.85. The van der Waals surface area contributed by atoms with Gasteiger partial charge >= 0.3 is 0 Å². The number of aromatic nitrogens is 1. The van der Waals surface area contributed by atoms with Gasteiger partial charge < -0.3 is 9.64 Å². The molecule has 0 aliphatic carbocycles. The molecule has 1 rings (SSSR count). The van der Waals surface area contributed by atoms with E-state index in [-0.39, 0.29) is 0 Å². The minimum absolute atomic E-state index is 0.453. The second-order valence-corrected chi connectivity index (χ2v) is 4.76. The van der Waals surface area contributed by atoms with Crippen LogP contribution in [0.2, 0.25) is 0 Å². The molecule has 0 amide bonds. The smallest absolute Gasteiger partial charge is 0.129 e. The molecule has 0 bridgehead atoms. The fourth-order valence-electron chi connectivity index (χ4n) is 1.85. The van der Waals surface area contributed by atoms with Crippen LogP contribution >= 0.6 is 11.6 Å². The Hall–Kier alpha value is -0.800. The predicted octanol–water partition coefficient (Wildman–Crippen LogP) is 3.38. The number of halogens is 1. The summed E-state index contributed by atoms with van der Waals surface area (Å²) in [6.45, 7) is 7.97. The zero-order valence-corrected chi connectivity index (χ0v) is 12.5. The Kier molecular flexibility index (Phi) is 6.44. The minimum atomic E-state index is 0.453. The number of anilines is 1. The van der Waals surface area contributed by atoms with Crippen LogP contribution in [0.15, 0.2) is 12.1 Å². The minimum Gasteiger partial charge on any atom is -0.383 e. The largest absolute Gasteiger partial charge is 0.383 e. The summed E-state index contributed by atoms with van der Waals surface area (Å²) in [7, 11) is 1.73. The van der Waals surface area contributed by atoms with Gasteiger partial charge in [-0.25, -0.2) is 4.98 Å². The quantitative estimate of drug-likeness (QED) is 0.710. The van der Waals surface area contributed by atoms with Gasteiger partial charge in [-0.05, 0) is 31.9 Å². The Labute approximate surface area is 115 Å². The van der Waals surface area contributed by atoms with Crippen molar-refractivity contribution in [2.24, 2.45) is 0 Å². The van der Waals surface area contributed by atoms with Crippen LogP contribution in [0.25, 0.3) is 0 Å². The first-order chi connectivity index (χ1) is 8.63. The Balaban J connectivity index is 2.93. The third-order valence-corrected chi connectivity index (χ3v) is 3.57. The molecule has 18 heavy (non-hydrogen) atoms. The molecular formula is C14H23ClN2O. The third-order valence-electron chi connectivity index (χ3n) is 3.28. The van der Waals surface area contributed by atoms with Crippen LogP contribution in [-0.4, -0.2) is 31.3 Å². The summed E-state index contributed by atoms with van der Waals surface area (Å²) in [5.74, 6) is 1.52. The number of methoxy groups -OCH3 is 1. The highest BCUT2D eigenvalue weighted by molar-refractivity contribution is 6.17. The highest BCUT2D eigenvalue weighted by atomic mass is 35.5. The van der Waals surface area contributed by atoms with Gasteiger partial charge in [-0.15, -0.1) is 11.6 Å². The first kappa shape index (κ1) is 15.3. The van der Waals surface area contributed by atoms with Crippen molar-refractivity contribution in [2.45, 2.75) is 39.1 Å². The van der Waals surface area contributed by atoms with Gasteiger partial charge in [0.05, 0.1) is 6.61 Å². The lowest BCUT2D eigenvalue weighted by Crippen LogP contribution is -2.36. The molecule has 0 radical (unpaired) electrons. The monoisotopic (exact) mass is 270 g/mol. The van der Waals surface area contributed by atoms with E-state index >= 15 is 0 Å². The van der Waals surface area contributed by atoms with E-state index in [1.165, 1.54) is 0 Å². The first-order valence-corrected chi connectivity index (χ1v) is 6.95. The summed E-state index contributed by atoms with van der Waals surface area (Å²) in [5, 5.41) is 0. The lowest BCUT2D eigenvalue weighted by Gasteiger charge is -2.30. The Bertz CT molecular complexity index is 371. The number of aryl methyl sites for hydroxylation is 1. The van der Waals surface area contributed by atoms with Crippen molar-refractivity contribution in [1.29, 1.82) is 0 Å². The normalized spacial score (nSPS) is 12.5. The number of alkyl halides is 1. The van der Waals surface area contributed by atoms with Crippen LogP contribution in [0.5, 0.6) is 0 Å². The van der Waals surface area contributed by atoms with Crippen molar-refractivity contribution in [3.8, 4) is 0 Å². The predicted molar refractivity (Wildman–Crippen MR) is 77.5 cm³/mol. The maximum Gasteiger partial charge on any atom is 0.129 e. The van der Waals surface area contributed by atoms with Gasteiger partial charge in [0.15, 0.2) is 0 Å². The molecule has 1 unspecified atom stereocenters. The molecule has 0 aromatic carbocycles. The molecule has 0 aliphatic rings. The number of pyridine rings is 1. The van der Waals surface area contributed by atoms with Gasteiger partial charge in [0.25, 0.3) is 0 Å². The summed E-state index contributed by atoms with van der Waals surface area (Å²) in [5.41, 5.74) is 2.10. The number of hydrogen-bond acceptors (Lipinski definition) is 3. The van der Waals surface area contributed by atoms with Crippen LogP contribution in [0.3, 0.4) is 0 Å². The second-order valence-electron chi connectivity index (χ2n) is 4.49. The van der Waals surface area contributed by atoms with Crippen molar-refractivity contribution in [3.05, 3.63) is 23.4 Å². The average Bonchev–Trinajstić information content (AvgIpc) is 2.39. The molecule has 0 saturated heterocycles. The van der Waals surface area contributed by atoms with E-state index < -0.39 is 0 Å². The van der Waals surface area contributed by atoms with Crippen LogP contribution in [-0.2, 0) is 10.6 Å². The fourth-order valence-corrected chi connectivity index (χ4v) is 2.13. The molecule has 0 fully saturated rings. The van der Waals surface area contributed by atoms with Crippen molar-refractivity contribution < 1.29 is 4.74 Å². The zero-order chi connectivity index (χ0) is 13.5. The number of nitrogens with zero attached hydrogens (tertiary/aromatic N) is 2. The second kappa shape index (κ2) is 7.59. The van der Waals surface area contributed by atoms with Crippen LogP contribution in [0.4, 0.5) is 5.82 Å². The molecule has 1 aromatic rings. The van der Waals surface area contributed by atoms with E-state index in [0.717, 1.165) is 30.0 Å². The lowest BCUT2D eigenvalue weighted by molar-refractivity contribution is 0.203. The molecule has 1 atom stereocenters. The maximum atomic E-state index is 5.86. The fraction of sp³-hybridized carbons (Fsp3) is 0.643. The van der Waals surface area contributed by atoms with Crippen LogP contribution < -0.4 is 4.90 Å². The van der Waals surface area contributed by atoms with Gasteiger partial charge in [0.1, 0.15) is 5.82 Å². The summed E-state index contributed by atoms with van der Waals surface area (Å²) in [6.07, 6.45) is 1.09. The molecule has 3 nitrogen and oxygen atoms in total. The highest BCUT2D eigenvalue weighted by Gasteiger charge is 2.14. The van der Waals surface area contributed by atoms with E-state index in [2.05, 4.69) is 29.8 Å². The Morgan fingerprint density at radius 3 is 2.67 bits per heavy atom. The molecule has 102 valence electrons. The Morgan fingerprint density at radius 2 is 2.17 bits per heavy atom. The lowest BCUT2D eigenvalue weighted by atomic mass is 10.2. The van der Waals surface area contributed by atoms with Crippen molar-refractivity contribution >= 4 is 17.4 Å². The number of ether oxygens (including phenoxy) is 1. The molecule has 0 spiro atoms. The van der Waals surface area contributed by atoms with Crippen molar-refractivity contribution in [1.82, 2.24) is 4.98 Å². The highest BCUT2D eigenvalue weighted by Crippen LogP contribution is 2.19. The summed E-state index contributed by atoms with van der Waals surface area (Å²) in [4.78, 5) is 6.94. The zero-order valence-electron chi connectivity index (χ0n) is 11.7. The summed E-state index contributed by atoms with van der Waals surface area (Å²) in [6, 6.07) is 4.56. The van der Waals surface area contributed by atoms with E-state index in [1.807, 2.05) is 13.0 Å². The van der Waals surface area contributed by atoms with E-state index in [9.17, 15) is 0 Å². The maximum absolute atomic E-state index is 5.86. The molecule has 0 aliphatic heterocycles. The summed E-state index contributed by atoms with van der Waals surface area (Å²) < 4.78 is 5.17. The molecule has 4 heteroatoms. The average molecular weight is 271 g/mol. The molecule has 1 aromatic heterocycles. The number of hydrogen-bond donors (Lipinski definition) is 0. The van der Waals surface area contributed by atoms with E-state index in [0.29, 0.717) is 18.5 Å². The van der Waals surface area contributed by atoms with E-state index in [1.54, 1.807) is 7.11 Å². The van der Waals surface area contributed by atoms with Gasteiger partial charge in [0, 0.05) is 31.3 Å². The van der Waals surface area contributed by atoms with Crippen molar-refractivity contribution in [2.75, 3.05) is 25.2 Å². The van der Waals surface area contributed by atoms with Gasteiger partial charge in [0.2, 0.25) is 0 Å². The summed E-state index contributed by atoms with van der Waals surface area (Å²) >= 11 is 5.86. The molecular weight excluding hydrogens is 248 g/mol.